The molecule has 1 atom stereocenters. The Morgan fingerprint density at radius 3 is 2.47 bits per heavy atom. The van der Waals surface area contributed by atoms with Crippen LogP contribution in [0.4, 0.5) is 8.78 Å². The van der Waals surface area contributed by atoms with Crippen LogP contribution in [-0.4, -0.2) is 12.2 Å². The predicted molar refractivity (Wildman–Crippen MR) is 68.2 cm³/mol. The van der Waals surface area contributed by atoms with Crippen molar-refractivity contribution in [2.45, 2.75) is 13.0 Å². The van der Waals surface area contributed by atoms with E-state index < -0.39 is 17.7 Å². The van der Waals surface area contributed by atoms with Gasteiger partial charge in [0.05, 0.1) is 7.11 Å². The lowest BCUT2D eigenvalue weighted by atomic mass is 9.99. The Morgan fingerprint density at radius 2 is 1.84 bits per heavy atom. The Morgan fingerprint density at radius 1 is 1.11 bits per heavy atom. The van der Waals surface area contributed by atoms with Gasteiger partial charge in [0.1, 0.15) is 11.9 Å². The average Bonchev–Trinajstić information content (AvgIpc) is 2.38. The van der Waals surface area contributed by atoms with Crippen LogP contribution in [0.25, 0.3) is 0 Å². The molecule has 2 aromatic rings. The Kier molecular flexibility index (Phi) is 3.81. The predicted octanol–water partition coefficient (Wildman–Crippen LogP) is 3.36. The van der Waals surface area contributed by atoms with Gasteiger partial charge in [-0.05, 0) is 24.6 Å². The number of hydrogen-bond donors (Lipinski definition) is 1. The highest BCUT2D eigenvalue weighted by atomic mass is 19.1. The summed E-state index contributed by atoms with van der Waals surface area (Å²) in [6.45, 7) is 1.74. The molecule has 0 aliphatic rings. The lowest BCUT2D eigenvalue weighted by Gasteiger charge is -2.15. The highest BCUT2D eigenvalue weighted by molar-refractivity contribution is 5.38. The molecule has 0 aliphatic heterocycles. The number of ether oxygens (including phenoxy) is 1. The largest absolute Gasteiger partial charge is 0.494 e. The fourth-order valence-corrected chi connectivity index (χ4v) is 1.92. The molecule has 2 rings (SSSR count). The molecule has 0 aliphatic carbocycles. The van der Waals surface area contributed by atoms with Crippen molar-refractivity contribution in [1.82, 2.24) is 0 Å². The summed E-state index contributed by atoms with van der Waals surface area (Å²) in [5.74, 6) is -1.23. The fraction of sp³-hybridized carbons (Fsp3) is 0.200. The van der Waals surface area contributed by atoms with Crippen molar-refractivity contribution in [3.8, 4) is 5.75 Å². The van der Waals surface area contributed by atoms with E-state index in [1.165, 1.54) is 31.4 Å². The summed E-state index contributed by atoms with van der Waals surface area (Å²) in [4.78, 5) is 0. The smallest absolute Gasteiger partial charge is 0.171 e. The maximum Gasteiger partial charge on any atom is 0.171 e. The topological polar surface area (TPSA) is 29.5 Å². The number of halogens is 2. The molecule has 0 spiro atoms. The number of aliphatic hydroxyl groups excluding tert-OH is 1. The first kappa shape index (κ1) is 13.5. The zero-order valence-electron chi connectivity index (χ0n) is 10.7. The molecule has 0 saturated carbocycles. The van der Waals surface area contributed by atoms with Gasteiger partial charge in [-0.25, -0.2) is 8.78 Å². The number of methoxy groups -OCH3 is 1. The van der Waals surface area contributed by atoms with Crippen LogP contribution in [0, 0.1) is 18.6 Å². The molecule has 4 heteroatoms. The second kappa shape index (κ2) is 5.36. The van der Waals surface area contributed by atoms with Crippen LogP contribution in [0.3, 0.4) is 0 Å². The number of hydrogen-bond acceptors (Lipinski definition) is 2. The molecule has 100 valence electrons. The molecule has 1 N–H and O–H groups in total. The van der Waals surface area contributed by atoms with Crippen LogP contribution < -0.4 is 4.74 Å². The van der Waals surface area contributed by atoms with E-state index in [0.29, 0.717) is 0 Å². The minimum absolute atomic E-state index is 0.0119. The maximum atomic E-state index is 14.0. The minimum Gasteiger partial charge on any atom is -0.494 e. The number of rotatable bonds is 3. The highest BCUT2D eigenvalue weighted by Crippen LogP contribution is 2.30. The molecule has 0 amide bonds. The summed E-state index contributed by atoms with van der Waals surface area (Å²) in [6, 6.07) is 8.82. The molecule has 0 radical (unpaired) electrons. The van der Waals surface area contributed by atoms with E-state index in [2.05, 4.69) is 0 Å². The second-order valence-electron chi connectivity index (χ2n) is 4.29. The monoisotopic (exact) mass is 264 g/mol. The van der Waals surface area contributed by atoms with Crippen molar-refractivity contribution in [1.29, 1.82) is 0 Å². The van der Waals surface area contributed by atoms with Crippen molar-refractivity contribution in [3.05, 3.63) is 64.7 Å². The van der Waals surface area contributed by atoms with Crippen LogP contribution in [0.5, 0.6) is 5.75 Å². The average molecular weight is 264 g/mol. The molecular weight excluding hydrogens is 250 g/mol. The van der Waals surface area contributed by atoms with Gasteiger partial charge in [-0.3, -0.25) is 0 Å². The van der Waals surface area contributed by atoms with Gasteiger partial charge in [0.2, 0.25) is 0 Å². The van der Waals surface area contributed by atoms with Gasteiger partial charge >= 0.3 is 0 Å². The van der Waals surface area contributed by atoms with Crippen LogP contribution in [0.15, 0.2) is 36.4 Å². The summed E-state index contributed by atoms with van der Waals surface area (Å²) in [5, 5.41) is 10.1. The van der Waals surface area contributed by atoms with Crippen LogP contribution in [-0.2, 0) is 0 Å². The molecule has 0 aromatic heterocycles. The normalized spacial score (nSPS) is 12.3. The number of benzene rings is 2. The molecule has 2 nitrogen and oxygen atoms in total. The van der Waals surface area contributed by atoms with E-state index in [1.54, 1.807) is 19.1 Å². The SMILES string of the molecule is COc1cccc(C(O)c2ccc(C)cc2F)c1F. The fourth-order valence-electron chi connectivity index (χ4n) is 1.92. The molecular formula is C15H14F2O2. The third-order valence-corrected chi connectivity index (χ3v) is 2.96. The Hall–Kier alpha value is -1.94. The number of aryl methyl sites for hydroxylation is 1. The first-order valence-corrected chi connectivity index (χ1v) is 5.81. The summed E-state index contributed by atoms with van der Waals surface area (Å²) < 4.78 is 32.6. The minimum atomic E-state index is -1.37. The van der Waals surface area contributed by atoms with Gasteiger partial charge in [-0.2, -0.15) is 0 Å². The van der Waals surface area contributed by atoms with Crippen molar-refractivity contribution >= 4 is 0 Å². The molecule has 19 heavy (non-hydrogen) atoms. The van der Waals surface area contributed by atoms with Crippen molar-refractivity contribution in [2.24, 2.45) is 0 Å². The van der Waals surface area contributed by atoms with Gasteiger partial charge in [0.25, 0.3) is 0 Å². The van der Waals surface area contributed by atoms with Crippen molar-refractivity contribution < 1.29 is 18.6 Å². The molecule has 1 unspecified atom stereocenters. The van der Waals surface area contributed by atoms with Crippen molar-refractivity contribution in [2.75, 3.05) is 7.11 Å². The second-order valence-corrected chi connectivity index (χ2v) is 4.29. The van der Waals surface area contributed by atoms with Crippen molar-refractivity contribution in [3.63, 3.8) is 0 Å². The third-order valence-electron chi connectivity index (χ3n) is 2.96. The van der Waals surface area contributed by atoms with E-state index in [4.69, 9.17) is 4.74 Å². The quantitative estimate of drug-likeness (QED) is 0.921. The summed E-state index contributed by atoms with van der Waals surface area (Å²) >= 11 is 0. The summed E-state index contributed by atoms with van der Waals surface area (Å²) in [5.41, 5.74) is 0.763. The molecule has 0 heterocycles. The van der Waals surface area contributed by atoms with E-state index in [9.17, 15) is 13.9 Å². The van der Waals surface area contributed by atoms with Gasteiger partial charge < -0.3 is 9.84 Å². The lowest BCUT2D eigenvalue weighted by molar-refractivity contribution is 0.208. The zero-order chi connectivity index (χ0) is 14.0. The number of aliphatic hydroxyl groups is 1. The molecule has 0 bridgehead atoms. The standard InChI is InChI=1S/C15H14F2O2/c1-9-6-7-10(12(16)8-9)15(18)11-4-3-5-13(19-2)14(11)17/h3-8,15,18H,1-2H3. The summed E-state index contributed by atoms with van der Waals surface area (Å²) in [6.07, 6.45) is -1.37. The summed E-state index contributed by atoms with van der Waals surface area (Å²) in [7, 11) is 1.33. The zero-order valence-corrected chi connectivity index (χ0v) is 10.7. The van der Waals surface area contributed by atoms with Gasteiger partial charge in [-0.15, -0.1) is 0 Å². The van der Waals surface area contributed by atoms with Crippen LogP contribution in [0.2, 0.25) is 0 Å². The van der Waals surface area contributed by atoms with E-state index in [-0.39, 0.29) is 16.9 Å². The first-order chi connectivity index (χ1) is 9.04. The Bertz CT molecular complexity index is 597. The van der Waals surface area contributed by atoms with Gasteiger partial charge in [0, 0.05) is 11.1 Å². The van der Waals surface area contributed by atoms with Gasteiger partial charge in [0.15, 0.2) is 11.6 Å². The van der Waals surface area contributed by atoms with Crippen LogP contribution in [0.1, 0.15) is 22.8 Å². The van der Waals surface area contributed by atoms with E-state index >= 15 is 0 Å². The third kappa shape index (κ3) is 2.58. The Balaban J connectivity index is 2.47. The highest BCUT2D eigenvalue weighted by Gasteiger charge is 2.20. The maximum absolute atomic E-state index is 14.0. The lowest BCUT2D eigenvalue weighted by Crippen LogP contribution is -2.06. The van der Waals surface area contributed by atoms with Crippen LogP contribution >= 0.6 is 0 Å². The molecule has 0 fully saturated rings. The van der Waals surface area contributed by atoms with E-state index in [0.717, 1.165) is 5.56 Å². The van der Waals surface area contributed by atoms with E-state index in [1.807, 2.05) is 0 Å². The molecule has 2 aromatic carbocycles. The molecule has 0 saturated heterocycles. The van der Waals surface area contributed by atoms with Gasteiger partial charge in [-0.1, -0.05) is 24.3 Å². The Labute approximate surface area is 110 Å². The first-order valence-electron chi connectivity index (χ1n) is 5.81.